The number of aromatic nitrogens is 2. The van der Waals surface area contributed by atoms with Crippen LogP contribution in [0.5, 0.6) is 0 Å². The second-order valence-electron chi connectivity index (χ2n) is 8.85. The van der Waals surface area contributed by atoms with Crippen molar-refractivity contribution in [1.29, 1.82) is 0 Å². The maximum atomic E-state index is 12.7. The van der Waals surface area contributed by atoms with Gasteiger partial charge >= 0.3 is 6.09 Å². The summed E-state index contributed by atoms with van der Waals surface area (Å²) in [5, 5.41) is 0. The topological polar surface area (TPSA) is 85.0 Å². The highest BCUT2D eigenvalue weighted by molar-refractivity contribution is 5.93. The number of piperidine rings is 1. The van der Waals surface area contributed by atoms with E-state index in [1.54, 1.807) is 6.33 Å². The molecule has 0 aliphatic carbocycles. The Morgan fingerprint density at radius 1 is 1.31 bits per heavy atom. The van der Waals surface area contributed by atoms with Gasteiger partial charge in [-0.05, 0) is 34.0 Å². The number of ether oxygens (including phenoxy) is 1. The molecule has 4 rings (SSSR count). The van der Waals surface area contributed by atoms with Gasteiger partial charge in [0, 0.05) is 57.3 Å². The predicted octanol–water partition coefficient (Wildman–Crippen LogP) is 0.781. The van der Waals surface area contributed by atoms with E-state index in [-0.39, 0.29) is 12.0 Å². The zero-order valence-corrected chi connectivity index (χ0v) is 17.7. The Bertz CT molecular complexity index is 755. The van der Waals surface area contributed by atoms with Gasteiger partial charge in [0.2, 0.25) is 0 Å². The molecule has 9 heteroatoms. The molecule has 1 aromatic rings. The number of likely N-dealkylation sites (N-methyl/N-ethyl adjacent to an activating group) is 1. The van der Waals surface area contributed by atoms with Crippen molar-refractivity contribution >= 4 is 12.0 Å². The molecule has 1 atom stereocenters. The van der Waals surface area contributed by atoms with Crippen LogP contribution in [-0.4, -0.2) is 113 Å². The smallest absolute Gasteiger partial charge is 0.410 e. The van der Waals surface area contributed by atoms with E-state index in [0.29, 0.717) is 50.8 Å². The van der Waals surface area contributed by atoms with E-state index in [4.69, 9.17) is 4.74 Å². The average molecular weight is 405 g/mol. The third-order valence-electron chi connectivity index (χ3n) is 6.70. The zero-order chi connectivity index (χ0) is 20.6. The van der Waals surface area contributed by atoms with Gasteiger partial charge in [-0.2, -0.15) is 0 Å². The number of nitrogens with zero attached hydrogens (tertiary/aromatic N) is 5. The van der Waals surface area contributed by atoms with E-state index in [1.165, 1.54) is 6.42 Å². The van der Waals surface area contributed by atoms with Gasteiger partial charge in [-0.1, -0.05) is 0 Å². The van der Waals surface area contributed by atoms with E-state index in [0.717, 1.165) is 25.3 Å². The number of hydrogen-bond acceptors (Lipinski definition) is 6. The Balaban J connectivity index is 1.27. The lowest BCUT2D eigenvalue weighted by Crippen LogP contribution is -2.49. The van der Waals surface area contributed by atoms with Crippen LogP contribution in [0.2, 0.25) is 0 Å². The summed E-state index contributed by atoms with van der Waals surface area (Å²) in [6, 6.07) is 0.604. The number of aryl methyl sites for hydroxylation is 1. The largest absolute Gasteiger partial charge is 0.441 e. The second kappa shape index (κ2) is 7.95. The van der Waals surface area contributed by atoms with Gasteiger partial charge in [-0.3, -0.25) is 9.69 Å². The summed E-state index contributed by atoms with van der Waals surface area (Å²) in [7, 11) is 4.25. The van der Waals surface area contributed by atoms with E-state index in [2.05, 4.69) is 33.9 Å². The van der Waals surface area contributed by atoms with Crippen LogP contribution in [0, 0.1) is 6.92 Å². The number of amides is 2. The van der Waals surface area contributed by atoms with Crippen LogP contribution in [0.15, 0.2) is 6.33 Å². The number of rotatable bonds is 5. The maximum Gasteiger partial charge on any atom is 0.410 e. The summed E-state index contributed by atoms with van der Waals surface area (Å²) in [5.41, 5.74) is 0.811. The monoisotopic (exact) mass is 404 g/mol. The SMILES string of the molecule is Cc1[nH]cnc1C(=O)N1CCC2(CC1)CN(CCN1CC[C@H](N(C)C)C1)C(=O)O2. The number of aromatic amines is 1. The van der Waals surface area contributed by atoms with E-state index < -0.39 is 5.60 Å². The fraction of sp³-hybridized carbons (Fsp3) is 0.750. The molecule has 3 saturated heterocycles. The van der Waals surface area contributed by atoms with Crippen molar-refractivity contribution in [2.75, 3.05) is 59.9 Å². The minimum atomic E-state index is -0.453. The number of H-pyrrole nitrogens is 1. The van der Waals surface area contributed by atoms with Crippen LogP contribution in [0.25, 0.3) is 0 Å². The van der Waals surface area contributed by atoms with Crippen LogP contribution in [0.3, 0.4) is 0 Å². The Kier molecular flexibility index (Phi) is 5.52. The van der Waals surface area contributed by atoms with Crippen LogP contribution in [-0.2, 0) is 4.74 Å². The summed E-state index contributed by atoms with van der Waals surface area (Å²) >= 11 is 0. The molecule has 0 unspecified atom stereocenters. The molecule has 1 spiro atoms. The van der Waals surface area contributed by atoms with Crippen molar-refractivity contribution in [3.8, 4) is 0 Å². The summed E-state index contributed by atoms with van der Waals surface area (Å²) in [6.07, 6.45) is 3.87. The Hall–Kier alpha value is -2.13. The first-order valence-corrected chi connectivity index (χ1v) is 10.5. The van der Waals surface area contributed by atoms with Crippen molar-refractivity contribution in [3.05, 3.63) is 17.7 Å². The zero-order valence-electron chi connectivity index (χ0n) is 17.7. The molecule has 9 nitrogen and oxygen atoms in total. The van der Waals surface area contributed by atoms with E-state index in [9.17, 15) is 9.59 Å². The molecule has 2 amide bonds. The van der Waals surface area contributed by atoms with Crippen molar-refractivity contribution in [3.63, 3.8) is 0 Å². The molecule has 1 aromatic heterocycles. The molecule has 3 aliphatic heterocycles. The number of carbonyl (C=O) groups is 2. The van der Waals surface area contributed by atoms with Crippen molar-refractivity contribution in [2.24, 2.45) is 0 Å². The minimum Gasteiger partial charge on any atom is -0.441 e. The summed E-state index contributed by atoms with van der Waals surface area (Å²) < 4.78 is 5.82. The van der Waals surface area contributed by atoms with Gasteiger partial charge in [-0.15, -0.1) is 0 Å². The van der Waals surface area contributed by atoms with Gasteiger partial charge in [0.25, 0.3) is 5.91 Å². The van der Waals surface area contributed by atoms with Crippen LogP contribution in [0.4, 0.5) is 4.79 Å². The molecule has 160 valence electrons. The first kappa shape index (κ1) is 20.2. The third-order valence-corrected chi connectivity index (χ3v) is 6.70. The third kappa shape index (κ3) is 4.11. The lowest BCUT2D eigenvalue weighted by Gasteiger charge is -2.37. The molecular formula is C20H32N6O3. The molecule has 0 saturated carbocycles. The molecule has 0 aromatic carbocycles. The highest BCUT2D eigenvalue weighted by atomic mass is 16.6. The normalized spacial score (nSPS) is 24.7. The number of imidazole rings is 1. The van der Waals surface area contributed by atoms with Crippen LogP contribution in [0.1, 0.15) is 35.4 Å². The van der Waals surface area contributed by atoms with Gasteiger partial charge in [0.1, 0.15) is 11.3 Å². The first-order chi connectivity index (χ1) is 13.9. The molecule has 29 heavy (non-hydrogen) atoms. The quantitative estimate of drug-likeness (QED) is 0.781. The summed E-state index contributed by atoms with van der Waals surface area (Å²) in [6.45, 7) is 7.38. The van der Waals surface area contributed by atoms with E-state index in [1.807, 2.05) is 16.7 Å². The lowest BCUT2D eigenvalue weighted by molar-refractivity contribution is 0.00296. The molecule has 1 N–H and O–H groups in total. The lowest BCUT2D eigenvalue weighted by atomic mass is 9.91. The van der Waals surface area contributed by atoms with Crippen LogP contribution < -0.4 is 0 Å². The van der Waals surface area contributed by atoms with Gasteiger partial charge in [0.05, 0.1) is 12.9 Å². The average Bonchev–Trinajstić information content (AvgIpc) is 3.40. The molecule has 0 bridgehead atoms. The maximum absolute atomic E-state index is 12.7. The highest BCUT2D eigenvalue weighted by Gasteiger charge is 2.47. The number of nitrogens with one attached hydrogen (secondary N) is 1. The molecule has 0 radical (unpaired) electrons. The fourth-order valence-electron chi connectivity index (χ4n) is 4.67. The molecule has 3 fully saturated rings. The molecule has 3 aliphatic rings. The summed E-state index contributed by atoms with van der Waals surface area (Å²) in [5.74, 6) is -0.0516. The first-order valence-electron chi connectivity index (χ1n) is 10.5. The van der Waals surface area contributed by atoms with Gasteiger partial charge in [0.15, 0.2) is 0 Å². The van der Waals surface area contributed by atoms with Gasteiger partial charge in [-0.25, -0.2) is 9.78 Å². The van der Waals surface area contributed by atoms with E-state index >= 15 is 0 Å². The Morgan fingerprint density at radius 3 is 2.69 bits per heavy atom. The number of likely N-dealkylation sites (tertiary alicyclic amines) is 2. The van der Waals surface area contributed by atoms with Gasteiger partial charge < -0.3 is 24.4 Å². The predicted molar refractivity (Wildman–Crippen MR) is 108 cm³/mol. The minimum absolute atomic E-state index is 0.0516. The van der Waals surface area contributed by atoms with Crippen molar-refractivity contribution in [1.82, 2.24) is 29.6 Å². The van der Waals surface area contributed by atoms with Crippen molar-refractivity contribution in [2.45, 2.75) is 37.8 Å². The Labute approximate surface area is 172 Å². The summed E-state index contributed by atoms with van der Waals surface area (Å²) in [4.78, 5) is 40.6. The molecule has 4 heterocycles. The highest BCUT2D eigenvalue weighted by Crippen LogP contribution is 2.33. The van der Waals surface area contributed by atoms with Crippen LogP contribution >= 0.6 is 0 Å². The standard InChI is InChI=1S/C20H32N6O3/c1-15-17(22-14-21-15)18(27)25-8-5-20(6-9-25)13-26(19(28)29-20)11-10-24-7-4-16(12-24)23(2)3/h14,16H,4-13H2,1-3H3,(H,21,22)/t16-/m0/s1. The number of hydrogen-bond donors (Lipinski definition) is 1. The Morgan fingerprint density at radius 2 is 2.07 bits per heavy atom. The fourth-order valence-corrected chi connectivity index (χ4v) is 4.67. The second-order valence-corrected chi connectivity index (χ2v) is 8.85. The number of carbonyl (C=O) groups excluding carboxylic acids is 2. The van der Waals surface area contributed by atoms with Crippen molar-refractivity contribution < 1.29 is 14.3 Å². The molecular weight excluding hydrogens is 372 g/mol.